The number of hydrogen-bond donors (Lipinski definition) is 0. The van der Waals surface area contributed by atoms with Crippen LogP contribution < -0.4 is 0 Å². The fourth-order valence-corrected chi connectivity index (χ4v) is 1.20. The molecular formula is C8H10IN. The van der Waals surface area contributed by atoms with Crippen molar-refractivity contribution in [1.29, 1.82) is 0 Å². The molecule has 54 valence electrons. The quantitative estimate of drug-likeness (QED) is 0.549. The van der Waals surface area contributed by atoms with Crippen LogP contribution in [0.5, 0.6) is 0 Å². The summed E-state index contributed by atoms with van der Waals surface area (Å²) < 4.78 is 0.583. The second-order valence-corrected chi connectivity index (χ2v) is 4.22. The van der Waals surface area contributed by atoms with Gasteiger partial charge in [0.05, 0.1) is 0 Å². The summed E-state index contributed by atoms with van der Waals surface area (Å²) in [5.41, 5.74) is 2.45. The molecule has 1 aromatic heterocycles. The van der Waals surface area contributed by atoms with Gasteiger partial charge in [0, 0.05) is 15.8 Å². The summed E-state index contributed by atoms with van der Waals surface area (Å²) in [7, 11) is 0. The third-order valence-corrected chi connectivity index (χ3v) is 2.10. The lowest BCUT2D eigenvalue weighted by Crippen LogP contribution is -1.86. The molecule has 1 heterocycles. The topological polar surface area (TPSA) is 12.9 Å². The number of alkyl halides is 1. The van der Waals surface area contributed by atoms with E-state index in [-0.39, 0.29) is 0 Å². The fourth-order valence-electron chi connectivity index (χ4n) is 0.815. The van der Waals surface area contributed by atoms with E-state index in [4.69, 9.17) is 0 Å². The number of aryl methyl sites for hydroxylation is 1. The number of hydrogen-bond acceptors (Lipinski definition) is 1. The third-order valence-electron chi connectivity index (χ3n) is 1.38. The van der Waals surface area contributed by atoms with Crippen molar-refractivity contribution in [3.8, 4) is 0 Å². The molecule has 0 spiro atoms. The molecule has 1 aromatic rings. The highest BCUT2D eigenvalue weighted by molar-refractivity contribution is 14.1. The Hall–Kier alpha value is -0.120. The molecule has 1 rings (SSSR count). The summed E-state index contributed by atoms with van der Waals surface area (Å²) in [6.07, 6.45) is 1.86. The minimum atomic E-state index is 0.583. The summed E-state index contributed by atoms with van der Waals surface area (Å²) in [4.78, 5) is 4.12. The van der Waals surface area contributed by atoms with Crippen molar-refractivity contribution in [3.05, 3.63) is 29.6 Å². The van der Waals surface area contributed by atoms with Crippen LogP contribution in [0.1, 0.15) is 22.1 Å². The summed E-state index contributed by atoms with van der Waals surface area (Å²) in [6, 6.07) is 4.18. The zero-order chi connectivity index (χ0) is 7.56. The van der Waals surface area contributed by atoms with E-state index in [0.717, 1.165) is 5.69 Å². The maximum Gasteiger partial charge on any atom is 0.0375 e. The van der Waals surface area contributed by atoms with Gasteiger partial charge in [-0.05, 0) is 31.5 Å². The van der Waals surface area contributed by atoms with E-state index in [2.05, 4.69) is 46.6 Å². The zero-order valence-electron chi connectivity index (χ0n) is 6.13. The first-order valence-corrected chi connectivity index (χ1v) is 4.51. The lowest BCUT2D eigenvalue weighted by molar-refractivity contribution is 1.09. The van der Waals surface area contributed by atoms with E-state index in [1.807, 2.05) is 13.1 Å². The highest BCUT2D eigenvalue weighted by Gasteiger charge is 1.98. The number of nitrogens with zero attached hydrogens (tertiary/aromatic N) is 1. The van der Waals surface area contributed by atoms with Crippen LogP contribution in [-0.2, 0) is 0 Å². The Morgan fingerprint density at radius 3 is 2.70 bits per heavy atom. The smallest absolute Gasteiger partial charge is 0.0375 e. The first-order chi connectivity index (χ1) is 4.70. The van der Waals surface area contributed by atoms with E-state index in [9.17, 15) is 0 Å². The Morgan fingerprint density at radius 1 is 1.60 bits per heavy atom. The maximum atomic E-state index is 4.12. The molecule has 0 aliphatic carbocycles. The molecule has 0 saturated heterocycles. The summed E-state index contributed by atoms with van der Waals surface area (Å²) in [5.74, 6) is 0. The van der Waals surface area contributed by atoms with Crippen LogP contribution in [0.25, 0.3) is 0 Å². The molecule has 0 radical (unpaired) electrons. The molecule has 1 nitrogen and oxygen atoms in total. The van der Waals surface area contributed by atoms with Gasteiger partial charge in [0.1, 0.15) is 0 Å². The Bertz CT molecular complexity index is 220. The predicted molar refractivity (Wildman–Crippen MR) is 51.4 cm³/mol. The average Bonchev–Trinajstić information content (AvgIpc) is 1.88. The zero-order valence-corrected chi connectivity index (χ0v) is 8.29. The summed E-state index contributed by atoms with van der Waals surface area (Å²) >= 11 is 2.40. The van der Waals surface area contributed by atoms with Crippen molar-refractivity contribution < 1.29 is 0 Å². The second kappa shape index (κ2) is 3.32. The monoisotopic (exact) mass is 247 g/mol. The van der Waals surface area contributed by atoms with Gasteiger partial charge in [-0.3, -0.25) is 4.98 Å². The molecule has 1 atom stereocenters. The van der Waals surface area contributed by atoms with Crippen LogP contribution in [0, 0.1) is 6.92 Å². The molecular weight excluding hydrogens is 237 g/mol. The minimum Gasteiger partial charge on any atom is -0.262 e. The maximum absolute atomic E-state index is 4.12. The van der Waals surface area contributed by atoms with Gasteiger partial charge in [-0.1, -0.05) is 22.6 Å². The van der Waals surface area contributed by atoms with Crippen molar-refractivity contribution >= 4 is 22.6 Å². The first-order valence-electron chi connectivity index (χ1n) is 3.27. The van der Waals surface area contributed by atoms with Gasteiger partial charge in [0.15, 0.2) is 0 Å². The van der Waals surface area contributed by atoms with Gasteiger partial charge in [-0.15, -0.1) is 0 Å². The summed E-state index contributed by atoms with van der Waals surface area (Å²) in [6.45, 7) is 4.19. The van der Waals surface area contributed by atoms with Crippen LogP contribution in [0.3, 0.4) is 0 Å². The molecule has 1 unspecified atom stereocenters. The number of rotatable bonds is 1. The lowest BCUT2D eigenvalue weighted by atomic mass is 10.2. The number of aromatic nitrogens is 1. The van der Waals surface area contributed by atoms with Crippen LogP contribution >= 0.6 is 22.6 Å². The van der Waals surface area contributed by atoms with Crippen LogP contribution in [-0.4, -0.2) is 4.98 Å². The first kappa shape index (κ1) is 7.98. The Kier molecular flexibility index (Phi) is 2.65. The normalized spacial score (nSPS) is 13.1. The van der Waals surface area contributed by atoms with Crippen molar-refractivity contribution in [2.75, 3.05) is 0 Å². The minimum absolute atomic E-state index is 0.583. The molecule has 10 heavy (non-hydrogen) atoms. The van der Waals surface area contributed by atoms with Gasteiger partial charge in [-0.2, -0.15) is 0 Å². The molecule has 0 aliphatic heterocycles. The fraction of sp³-hybridized carbons (Fsp3) is 0.375. The number of pyridine rings is 1. The van der Waals surface area contributed by atoms with Crippen molar-refractivity contribution in [3.63, 3.8) is 0 Å². The van der Waals surface area contributed by atoms with Gasteiger partial charge in [0.25, 0.3) is 0 Å². The number of halogens is 1. The Labute approximate surface area is 75.0 Å². The lowest BCUT2D eigenvalue weighted by Gasteiger charge is -2.02. The van der Waals surface area contributed by atoms with E-state index in [1.165, 1.54) is 5.56 Å². The highest BCUT2D eigenvalue weighted by atomic mass is 127. The Balaban J connectivity index is 2.96. The molecule has 2 heteroatoms. The standard InChI is InChI=1S/C8H10IN/c1-6-5-8(7(2)9)3-4-10-6/h3-5,7H,1-2H3. The SMILES string of the molecule is Cc1cc(C(C)I)ccn1. The average molecular weight is 247 g/mol. The van der Waals surface area contributed by atoms with Crippen molar-refractivity contribution in [1.82, 2.24) is 4.98 Å². The molecule has 0 fully saturated rings. The molecule has 0 N–H and O–H groups in total. The van der Waals surface area contributed by atoms with E-state index >= 15 is 0 Å². The van der Waals surface area contributed by atoms with Crippen LogP contribution in [0.2, 0.25) is 0 Å². The van der Waals surface area contributed by atoms with Gasteiger partial charge < -0.3 is 0 Å². The molecule has 0 aliphatic rings. The highest BCUT2D eigenvalue weighted by Crippen LogP contribution is 2.21. The third kappa shape index (κ3) is 1.94. The van der Waals surface area contributed by atoms with E-state index in [1.54, 1.807) is 0 Å². The molecule has 0 bridgehead atoms. The van der Waals surface area contributed by atoms with Crippen LogP contribution in [0.4, 0.5) is 0 Å². The Morgan fingerprint density at radius 2 is 2.30 bits per heavy atom. The largest absolute Gasteiger partial charge is 0.262 e. The molecule has 0 aromatic carbocycles. The second-order valence-electron chi connectivity index (χ2n) is 2.35. The van der Waals surface area contributed by atoms with Crippen molar-refractivity contribution in [2.45, 2.75) is 17.8 Å². The molecule has 0 amide bonds. The van der Waals surface area contributed by atoms with E-state index < -0.39 is 0 Å². The van der Waals surface area contributed by atoms with Gasteiger partial charge in [-0.25, -0.2) is 0 Å². The van der Waals surface area contributed by atoms with Gasteiger partial charge in [0.2, 0.25) is 0 Å². The van der Waals surface area contributed by atoms with Gasteiger partial charge >= 0.3 is 0 Å². The predicted octanol–water partition coefficient (Wildman–Crippen LogP) is 2.89. The van der Waals surface area contributed by atoms with Crippen LogP contribution in [0.15, 0.2) is 18.3 Å². The summed E-state index contributed by atoms with van der Waals surface area (Å²) in [5, 5.41) is 0. The molecule has 0 saturated carbocycles. The van der Waals surface area contributed by atoms with Crippen molar-refractivity contribution in [2.24, 2.45) is 0 Å². The van der Waals surface area contributed by atoms with E-state index in [0.29, 0.717) is 3.92 Å².